The zero-order valence-corrected chi connectivity index (χ0v) is 19.5. The Morgan fingerprint density at radius 2 is 1.64 bits per heavy atom. The summed E-state index contributed by atoms with van der Waals surface area (Å²) in [6.07, 6.45) is -0.184. The molecule has 1 saturated heterocycles. The Hall–Kier alpha value is -2.71. The second-order valence-corrected chi connectivity index (χ2v) is 9.54. The number of carbonyl (C=O) groups is 2. The van der Waals surface area contributed by atoms with Crippen molar-refractivity contribution in [2.45, 2.75) is 50.8 Å². The van der Waals surface area contributed by atoms with E-state index in [1.807, 2.05) is 0 Å². The van der Waals surface area contributed by atoms with Gasteiger partial charge in [-0.1, -0.05) is 48.0 Å². The Labute approximate surface area is 197 Å². The maximum absolute atomic E-state index is 15.1. The molecule has 1 unspecified atom stereocenters. The number of likely N-dealkylation sites (tertiary alicyclic amines) is 1. The minimum Gasteiger partial charge on any atom is -0.444 e. The van der Waals surface area contributed by atoms with Crippen molar-refractivity contribution in [3.05, 3.63) is 59.1 Å². The number of benzene rings is 2. The highest BCUT2D eigenvalue weighted by Crippen LogP contribution is 2.34. The number of halogens is 3. The van der Waals surface area contributed by atoms with Gasteiger partial charge in [0.25, 0.3) is 5.92 Å². The standard InChI is InChI=1S/C24H28ClF2N3O3/c1-23(2,3)33-22(32)29-19-12-13-30(14-19)21(31)20(28)24(26,27)17-8-4-15(5-9-17)16-6-10-18(25)11-7-16/h4-11,19-20H,12-14,28H2,1-3H3,(H,29,32)/t19-,20?/m1/s1. The molecule has 178 valence electrons. The van der Waals surface area contributed by atoms with Crippen molar-refractivity contribution >= 4 is 23.6 Å². The number of hydrogen-bond acceptors (Lipinski definition) is 4. The molecule has 0 saturated carbocycles. The van der Waals surface area contributed by atoms with Crippen LogP contribution in [0.5, 0.6) is 0 Å². The molecule has 6 nitrogen and oxygen atoms in total. The van der Waals surface area contributed by atoms with Gasteiger partial charge in [-0.05, 0) is 50.5 Å². The fourth-order valence-electron chi connectivity index (χ4n) is 3.61. The third-order valence-corrected chi connectivity index (χ3v) is 5.58. The molecule has 2 amide bonds. The zero-order chi connectivity index (χ0) is 24.4. The van der Waals surface area contributed by atoms with E-state index in [-0.39, 0.29) is 24.7 Å². The maximum atomic E-state index is 15.1. The van der Waals surface area contributed by atoms with Crippen LogP contribution >= 0.6 is 11.6 Å². The van der Waals surface area contributed by atoms with E-state index in [0.29, 0.717) is 11.4 Å². The van der Waals surface area contributed by atoms with Crippen molar-refractivity contribution in [1.29, 1.82) is 0 Å². The van der Waals surface area contributed by atoms with E-state index in [1.54, 1.807) is 57.2 Å². The molecule has 9 heteroatoms. The molecule has 2 atom stereocenters. The van der Waals surface area contributed by atoms with Crippen LogP contribution in [-0.2, 0) is 15.5 Å². The number of nitrogens with zero attached hydrogens (tertiary/aromatic N) is 1. The third kappa shape index (κ3) is 6.21. The monoisotopic (exact) mass is 479 g/mol. The van der Waals surface area contributed by atoms with Gasteiger partial charge in [-0.2, -0.15) is 8.78 Å². The lowest BCUT2D eigenvalue weighted by molar-refractivity contribution is -0.142. The van der Waals surface area contributed by atoms with Crippen molar-refractivity contribution in [2.24, 2.45) is 5.73 Å². The first-order valence-electron chi connectivity index (χ1n) is 10.6. The highest BCUT2D eigenvalue weighted by Gasteiger charge is 2.46. The van der Waals surface area contributed by atoms with Crippen molar-refractivity contribution in [3.8, 4) is 11.1 Å². The van der Waals surface area contributed by atoms with Crippen LogP contribution in [0.1, 0.15) is 32.8 Å². The van der Waals surface area contributed by atoms with Gasteiger partial charge in [0.1, 0.15) is 5.60 Å². The van der Waals surface area contributed by atoms with Gasteiger partial charge in [-0.3, -0.25) is 4.79 Å². The summed E-state index contributed by atoms with van der Waals surface area (Å²) in [5.74, 6) is -4.43. The van der Waals surface area contributed by atoms with Crippen LogP contribution in [0.3, 0.4) is 0 Å². The third-order valence-electron chi connectivity index (χ3n) is 5.32. The minimum atomic E-state index is -3.56. The lowest BCUT2D eigenvalue weighted by Gasteiger charge is -2.27. The molecular weight excluding hydrogens is 452 g/mol. The van der Waals surface area contributed by atoms with Crippen LogP contribution in [-0.4, -0.2) is 47.7 Å². The van der Waals surface area contributed by atoms with Crippen LogP contribution in [0, 0.1) is 0 Å². The summed E-state index contributed by atoms with van der Waals surface area (Å²) in [5, 5.41) is 3.24. The summed E-state index contributed by atoms with van der Waals surface area (Å²) in [4.78, 5) is 25.9. The highest BCUT2D eigenvalue weighted by molar-refractivity contribution is 6.30. The lowest BCUT2D eigenvalue weighted by atomic mass is 9.97. The summed E-state index contributed by atoms with van der Waals surface area (Å²) in [6.45, 7) is 5.52. The molecule has 3 N–H and O–H groups in total. The quantitative estimate of drug-likeness (QED) is 0.658. The average molecular weight is 480 g/mol. The minimum absolute atomic E-state index is 0.0946. The fraction of sp³-hybridized carbons (Fsp3) is 0.417. The number of hydrogen-bond donors (Lipinski definition) is 2. The van der Waals surface area contributed by atoms with Gasteiger partial charge in [0.2, 0.25) is 5.91 Å². The largest absolute Gasteiger partial charge is 0.444 e. The number of ether oxygens (including phenoxy) is 1. The van der Waals surface area contributed by atoms with Crippen molar-refractivity contribution in [1.82, 2.24) is 10.2 Å². The van der Waals surface area contributed by atoms with Gasteiger partial charge in [-0.25, -0.2) is 4.79 Å². The second-order valence-electron chi connectivity index (χ2n) is 9.10. The van der Waals surface area contributed by atoms with E-state index in [9.17, 15) is 9.59 Å². The molecule has 2 aromatic rings. The van der Waals surface area contributed by atoms with Gasteiger partial charge in [-0.15, -0.1) is 0 Å². The fourth-order valence-corrected chi connectivity index (χ4v) is 3.74. The normalized spacial score (nSPS) is 17.5. The molecule has 0 spiro atoms. The second kappa shape index (κ2) is 9.65. The molecule has 1 aliphatic heterocycles. The first-order chi connectivity index (χ1) is 15.4. The molecule has 2 aromatic carbocycles. The van der Waals surface area contributed by atoms with Crippen LogP contribution < -0.4 is 11.1 Å². The maximum Gasteiger partial charge on any atom is 0.407 e. The van der Waals surface area contributed by atoms with Gasteiger partial charge < -0.3 is 20.7 Å². The smallest absolute Gasteiger partial charge is 0.407 e. The van der Waals surface area contributed by atoms with Gasteiger partial charge in [0.15, 0.2) is 6.04 Å². The Bertz CT molecular complexity index is 992. The first-order valence-corrected chi connectivity index (χ1v) is 11.0. The zero-order valence-electron chi connectivity index (χ0n) is 18.8. The summed E-state index contributed by atoms with van der Waals surface area (Å²) in [5.41, 5.74) is 6.30. The molecular formula is C24H28ClF2N3O3. The van der Waals surface area contributed by atoms with E-state index in [1.165, 1.54) is 17.0 Å². The number of rotatable bonds is 5. The Kier molecular flexibility index (Phi) is 7.29. The van der Waals surface area contributed by atoms with Gasteiger partial charge in [0.05, 0.1) is 6.04 Å². The van der Waals surface area contributed by atoms with Crippen molar-refractivity contribution in [3.63, 3.8) is 0 Å². The van der Waals surface area contributed by atoms with Crippen molar-refractivity contribution < 1.29 is 23.1 Å². The summed E-state index contributed by atoms with van der Waals surface area (Å²) in [6, 6.07) is 10.2. The number of amides is 2. The van der Waals surface area contributed by atoms with Crippen LogP contribution in [0.4, 0.5) is 13.6 Å². The molecule has 3 rings (SSSR count). The topological polar surface area (TPSA) is 84.7 Å². The molecule has 33 heavy (non-hydrogen) atoms. The van der Waals surface area contributed by atoms with Gasteiger partial charge in [0, 0.05) is 23.7 Å². The van der Waals surface area contributed by atoms with Crippen molar-refractivity contribution in [2.75, 3.05) is 13.1 Å². The van der Waals surface area contributed by atoms with Gasteiger partial charge >= 0.3 is 6.09 Å². The van der Waals surface area contributed by atoms with Crippen LogP contribution in [0.2, 0.25) is 5.02 Å². The molecule has 1 heterocycles. The summed E-state index contributed by atoms with van der Waals surface area (Å²) in [7, 11) is 0. The average Bonchev–Trinajstić information content (AvgIpc) is 3.20. The highest BCUT2D eigenvalue weighted by atomic mass is 35.5. The Morgan fingerprint density at radius 1 is 1.09 bits per heavy atom. The Balaban J connectivity index is 1.63. The number of nitrogens with one attached hydrogen (secondary N) is 1. The van der Waals surface area contributed by atoms with Crippen LogP contribution in [0.15, 0.2) is 48.5 Å². The number of nitrogens with two attached hydrogens (primary N) is 1. The number of alkyl halides is 2. The lowest BCUT2D eigenvalue weighted by Crippen LogP contribution is -2.52. The van der Waals surface area contributed by atoms with E-state index in [4.69, 9.17) is 22.1 Å². The summed E-state index contributed by atoms with van der Waals surface area (Å²) >= 11 is 5.89. The molecule has 0 aromatic heterocycles. The number of alkyl carbamates (subject to hydrolysis) is 1. The molecule has 0 radical (unpaired) electrons. The van der Waals surface area contributed by atoms with E-state index in [0.717, 1.165) is 11.1 Å². The summed E-state index contributed by atoms with van der Waals surface area (Å²) < 4.78 is 35.3. The number of carbonyl (C=O) groups excluding carboxylic acids is 2. The Morgan fingerprint density at radius 3 is 2.18 bits per heavy atom. The molecule has 0 aliphatic carbocycles. The van der Waals surface area contributed by atoms with Crippen LogP contribution in [0.25, 0.3) is 11.1 Å². The predicted molar refractivity (Wildman–Crippen MR) is 123 cm³/mol. The molecule has 1 aliphatic rings. The van der Waals surface area contributed by atoms with E-state index >= 15 is 8.78 Å². The molecule has 0 bridgehead atoms. The van der Waals surface area contributed by atoms with E-state index in [2.05, 4.69) is 5.32 Å². The molecule has 1 fully saturated rings. The SMILES string of the molecule is CC(C)(C)OC(=O)N[C@@H]1CCN(C(=O)C(N)C(F)(F)c2ccc(-c3ccc(Cl)cc3)cc2)C1. The predicted octanol–water partition coefficient (Wildman–Crippen LogP) is 4.55. The first kappa shape index (κ1) is 24.9. The van der Waals surface area contributed by atoms with E-state index < -0.39 is 29.6 Å².